The van der Waals surface area contributed by atoms with E-state index in [0.717, 1.165) is 0 Å². The normalized spacial score (nSPS) is 10.2. The van der Waals surface area contributed by atoms with Gasteiger partial charge in [-0.25, -0.2) is 15.0 Å². The van der Waals surface area contributed by atoms with Crippen LogP contribution in [0.3, 0.4) is 0 Å². The first-order chi connectivity index (χ1) is 8.65. The standard InChI is InChI=1S/C11H11ClFN5/c1-14-9-3-6(7(12)4-16-9)8-5-17-10(13)11(15-2)18-8/h3-5H,1-2H3,(H,14,16)(H,15,18). The molecule has 2 heterocycles. The molecular weight excluding hydrogens is 257 g/mol. The monoisotopic (exact) mass is 267 g/mol. The summed E-state index contributed by atoms with van der Waals surface area (Å²) in [7, 11) is 3.32. The Labute approximate surface area is 108 Å². The van der Waals surface area contributed by atoms with Crippen LogP contribution in [0.5, 0.6) is 0 Å². The Morgan fingerprint density at radius 2 is 1.94 bits per heavy atom. The van der Waals surface area contributed by atoms with Crippen molar-refractivity contribution < 1.29 is 4.39 Å². The van der Waals surface area contributed by atoms with Crippen LogP contribution >= 0.6 is 11.6 Å². The fourth-order valence-corrected chi connectivity index (χ4v) is 1.64. The smallest absolute Gasteiger partial charge is 0.255 e. The topological polar surface area (TPSA) is 62.7 Å². The fraction of sp³-hybridized carbons (Fsp3) is 0.182. The molecular formula is C11H11ClFN5. The van der Waals surface area contributed by atoms with Crippen LogP contribution in [0.15, 0.2) is 18.5 Å². The van der Waals surface area contributed by atoms with Gasteiger partial charge in [-0.2, -0.15) is 4.39 Å². The summed E-state index contributed by atoms with van der Waals surface area (Å²) < 4.78 is 13.2. The maximum absolute atomic E-state index is 13.2. The molecule has 5 nitrogen and oxygen atoms in total. The quantitative estimate of drug-likeness (QED) is 0.894. The van der Waals surface area contributed by atoms with Gasteiger partial charge in [0.05, 0.1) is 16.9 Å². The molecule has 2 rings (SSSR count). The van der Waals surface area contributed by atoms with Crippen LogP contribution in [0.2, 0.25) is 5.02 Å². The average molecular weight is 268 g/mol. The molecule has 2 aromatic heterocycles. The highest BCUT2D eigenvalue weighted by molar-refractivity contribution is 6.33. The van der Waals surface area contributed by atoms with E-state index in [0.29, 0.717) is 22.1 Å². The Morgan fingerprint density at radius 3 is 2.61 bits per heavy atom. The minimum Gasteiger partial charge on any atom is -0.373 e. The molecule has 2 N–H and O–H groups in total. The molecule has 0 spiro atoms. The van der Waals surface area contributed by atoms with Crippen molar-refractivity contribution in [3.05, 3.63) is 29.4 Å². The van der Waals surface area contributed by atoms with Crippen LogP contribution in [0.4, 0.5) is 16.0 Å². The summed E-state index contributed by atoms with van der Waals surface area (Å²) in [6.45, 7) is 0. The molecule has 0 radical (unpaired) electrons. The van der Waals surface area contributed by atoms with Gasteiger partial charge in [-0.1, -0.05) is 11.6 Å². The first-order valence-electron chi connectivity index (χ1n) is 5.19. The van der Waals surface area contributed by atoms with Crippen LogP contribution in [-0.4, -0.2) is 29.0 Å². The molecule has 0 unspecified atom stereocenters. The van der Waals surface area contributed by atoms with Gasteiger partial charge in [0, 0.05) is 25.9 Å². The fourth-order valence-electron chi connectivity index (χ4n) is 1.43. The van der Waals surface area contributed by atoms with Crippen LogP contribution in [0.25, 0.3) is 11.3 Å². The third-order valence-corrected chi connectivity index (χ3v) is 2.65. The number of anilines is 2. The van der Waals surface area contributed by atoms with E-state index in [4.69, 9.17) is 11.6 Å². The van der Waals surface area contributed by atoms with Gasteiger partial charge in [0.1, 0.15) is 5.82 Å². The lowest BCUT2D eigenvalue weighted by Crippen LogP contribution is -2.01. The molecule has 0 fully saturated rings. The zero-order valence-corrected chi connectivity index (χ0v) is 10.6. The minimum absolute atomic E-state index is 0.0754. The molecule has 0 saturated carbocycles. The van der Waals surface area contributed by atoms with Gasteiger partial charge < -0.3 is 10.6 Å². The van der Waals surface area contributed by atoms with E-state index < -0.39 is 5.95 Å². The number of nitrogens with zero attached hydrogens (tertiary/aromatic N) is 3. The summed E-state index contributed by atoms with van der Waals surface area (Å²) >= 11 is 6.05. The highest BCUT2D eigenvalue weighted by Gasteiger charge is 2.11. The Kier molecular flexibility index (Phi) is 3.57. The summed E-state index contributed by atoms with van der Waals surface area (Å²) in [6.07, 6.45) is 2.84. The maximum atomic E-state index is 13.2. The van der Waals surface area contributed by atoms with Crippen molar-refractivity contribution >= 4 is 23.2 Å². The van der Waals surface area contributed by atoms with Gasteiger partial charge in [0.2, 0.25) is 0 Å². The molecule has 0 aliphatic rings. The van der Waals surface area contributed by atoms with Crippen molar-refractivity contribution in [1.82, 2.24) is 15.0 Å². The molecule has 2 aromatic rings. The second-order valence-electron chi connectivity index (χ2n) is 3.44. The Morgan fingerprint density at radius 1 is 1.17 bits per heavy atom. The summed E-state index contributed by atoms with van der Waals surface area (Å²) in [4.78, 5) is 11.8. The van der Waals surface area contributed by atoms with Gasteiger partial charge in [-0.15, -0.1) is 0 Å². The maximum Gasteiger partial charge on any atom is 0.255 e. The number of aromatic nitrogens is 3. The van der Waals surface area contributed by atoms with E-state index in [-0.39, 0.29) is 5.82 Å². The number of nitrogens with one attached hydrogen (secondary N) is 2. The predicted octanol–water partition coefficient (Wildman–Crippen LogP) is 2.41. The molecule has 0 aliphatic heterocycles. The summed E-state index contributed by atoms with van der Waals surface area (Å²) in [6, 6.07) is 1.73. The first-order valence-corrected chi connectivity index (χ1v) is 5.57. The van der Waals surface area contributed by atoms with E-state index in [1.165, 1.54) is 12.4 Å². The lowest BCUT2D eigenvalue weighted by atomic mass is 10.2. The van der Waals surface area contributed by atoms with Gasteiger partial charge in [-0.3, -0.25) is 0 Å². The first kappa shape index (κ1) is 12.5. The largest absolute Gasteiger partial charge is 0.373 e. The van der Waals surface area contributed by atoms with E-state index in [9.17, 15) is 4.39 Å². The number of hydrogen-bond donors (Lipinski definition) is 2. The van der Waals surface area contributed by atoms with Crippen molar-refractivity contribution in [3.63, 3.8) is 0 Å². The highest BCUT2D eigenvalue weighted by atomic mass is 35.5. The number of halogens is 2. The Hall–Kier alpha value is -1.95. The summed E-state index contributed by atoms with van der Waals surface area (Å²) in [5, 5.41) is 5.95. The van der Waals surface area contributed by atoms with Gasteiger partial charge in [0.25, 0.3) is 5.95 Å². The molecule has 0 aliphatic carbocycles. The molecule has 0 bridgehead atoms. The second kappa shape index (κ2) is 5.14. The van der Waals surface area contributed by atoms with Crippen LogP contribution < -0.4 is 10.6 Å². The van der Waals surface area contributed by atoms with Crippen molar-refractivity contribution in [2.45, 2.75) is 0 Å². The molecule has 94 valence electrons. The predicted molar refractivity (Wildman–Crippen MR) is 69.3 cm³/mol. The van der Waals surface area contributed by atoms with Crippen LogP contribution in [-0.2, 0) is 0 Å². The van der Waals surface area contributed by atoms with Gasteiger partial charge >= 0.3 is 0 Å². The average Bonchev–Trinajstić information content (AvgIpc) is 2.40. The summed E-state index contributed by atoms with van der Waals surface area (Å²) in [5.41, 5.74) is 1.12. The molecule has 0 saturated heterocycles. The van der Waals surface area contributed by atoms with Crippen LogP contribution in [0.1, 0.15) is 0 Å². The van der Waals surface area contributed by atoms with E-state index >= 15 is 0 Å². The molecule has 0 atom stereocenters. The highest BCUT2D eigenvalue weighted by Crippen LogP contribution is 2.28. The molecule has 0 aromatic carbocycles. The molecule has 7 heteroatoms. The minimum atomic E-state index is -0.653. The molecule has 0 amide bonds. The van der Waals surface area contributed by atoms with Crippen molar-refractivity contribution in [2.75, 3.05) is 24.7 Å². The van der Waals surface area contributed by atoms with E-state index in [1.807, 2.05) is 0 Å². The van der Waals surface area contributed by atoms with Crippen molar-refractivity contribution in [3.8, 4) is 11.3 Å². The molecule has 18 heavy (non-hydrogen) atoms. The third kappa shape index (κ3) is 2.33. The Balaban J connectivity index is 2.54. The number of hydrogen-bond acceptors (Lipinski definition) is 5. The van der Waals surface area contributed by atoms with Crippen molar-refractivity contribution in [2.24, 2.45) is 0 Å². The zero-order valence-electron chi connectivity index (χ0n) is 9.83. The van der Waals surface area contributed by atoms with Crippen LogP contribution in [0, 0.1) is 5.95 Å². The van der Waals surface area contributed by atoms with Crippen molar-refractivity contribution in [1.29, 1.82) is 0 Å². The lowest BCUT2D eigenvalue weighted by molar-refractivity contribution is 0.582. The van der Waals surface area contributed by atoms with Gasteiger partial charge in [0.15, 0.2) is 5.82 Å². The zero-order chi connectivity index (χ0) is 13.1. The number of rotatable bonds is 3. The van der Waals surface area contributed by atoms with Gasteiger partial charge in [-0.05, 0) is 6.07 Å². The lowest BCUT2D eigenvalue weighted by Gasteiger charge is -2.07. The van der Waals surface area contributed by atoms with E-state index in [1.54, 1.807) is 20.2 Å². The number of pyridine rings is 1. The summed E-state index contributed by atoms with van der Waals surface area (Å²) in [5.74, 6) is 0.0678. The third-order valence-electron chi connectivity index (χ3n) is 2.35. The SMILES string of the molecule is CNc1cc(-c2cnc(F)c(NC)n2)c(Cl)cn1. The Bertz CT molecular complexity index is 575. The second-order valence-corrected chi connectivity index (χ2v) is 3.85. The van der Waals surface area contributed by atoms with E-state index in [2.05, 4.69) is 25.6 Å².